The first kappa shape index (κ1) is 11.4. The summed E-state index contributed by atoms with van der Waals surface area (Å²) in [7, 11) is 2.90. The molecule has 0 spiro atoms. The van der Waals surface area contributed by atoms with Crippen molar-refractivity contribution in [2.24, 2.45) is 4.99 Å². The smallest absolute Gasteiger partial charge is 0.328 e. The molecule has 2 aliphatic heterocycles. The van der Waals surface area contributed by atoms with E-state index in [9.17, 15) is 14.4 Å². The summed E-state index contributed by atoms with van der Waals surface area (Å²) in [6.07, 6.45) is 0.676. The van der Waals surface area contributed by atoms with Gasteiger partial charge in [-0.25, -0.2) is 9.79 Å². The number of imide groups is 1. The quantitative estimate of drug-likeness (QED) is 0.643. The molecule has 1 N–H and O–H groups in total. The van der Waals surface area contributed by atoms with Crippen LogP contribution in [-0.4, -0.2) is 76.9 Å². The second kappa shape index (κ2) is 3.72. The van der Waals surface area contributed by atoms with Gasteiger partial charge in [0.05, 0.1) is 6.34 Å². The number of nitrogens with zero attached hydrogens (tertiary/aromatic N) is 4. The largest absolute Gasteiger partial charge is 0.480 e. The Kier molecular flexibility index (Phi) is 2.49. The number of carboxylic acids is 1. The van der Waals surface area contributed by atoms with Crippen molar-refractivity contribution in [2.45, 2.75) is 12.2 Å². The summed E-state index contributed by atoms with van der Waals surface area (Å²) in [6.45, 7) is -0.313. The van der Waals surface area contributed by atoms with E-state index in [0.717, 1.165) is 4.90 Å². The third-order valence-corrected chi connectivity index (χ3v) is 2.89. The summed E-state index contributed by atoms with van der Waals surface area (Å²) in [5.74, 6) is -1.48. The van der Waals surface area contributed by atoms with E-state index in [1.165, 1.54) is 30.2 Å². The highest BCUT2D eigenvalue weighted by Crippen LogP contribution is 2.23. The summed E-state index contributed by atoms with van der Waals surface area (Å²) in [5.41, 5.74) is 0. The highest BCUT2D eigenvalue weighted by Gasteiger charge is 2.48. The molecule has 8 nitrogen and oxygen atoms in total. The van der Waals surface area contributed by atoms with Crippen LogP contribution >= 0.6 is 0 Å². The lowest BCUT2D eigenvalue weighted by Gasteiger charge is -2.39. The van der Waals surface area contributed by atoms with Crippen LogP contribution in [0.5, 0.6) is 0 Å². The predicted molar refractivity (Wildman–Crippen MR) is 56.3 cm³/mol. The summed E-state index contributed by atoms with van der Waals surface area (Å²) >= 11 is 0. The second-order valence-electron chi connectivity index (χ2n) is 3.98. The second-order valence-corrected chi connectivity index (χ2v) is 3.98. The van der Waals surface area contributed by atoms with Crippen LogP contribution in [-0.2, 0) is 9.59 Å². The molecule has 2 unspecified atom stereocenters. The van der Waals surface area contributed by atoms with Gasteiger partial charge in [-0.1, -0.05) is 0 Å². The zero-order chi connectivity index (χ0) is 12.7. The SMILES string of the molecule is CN1C(=O)C2C(N=CN2CC(=O)O)N(C)C1=O. The van der Waals surface area contributed by atoms with Crippen LogP contribution in [0.4, 0.5) is 4.79 Å². The lowest BCUT2D eigenvalue weighted by Crippen LogP contribution is -2.63. The highest BCUT2D eigenvalue weighted by molar-refractivity contribution is 6.02. The predicted octanol–water partition coefficient (Wildman–Crippen LogP) is -1.37. The standard InChI is InChI=1S/C9H12N4O4/c1-11-7-6(8(16)12(2)9(11)17)13(4-10-7)3-5(14)15/h4,6-7H,3H2,1-2H3,(H,14,15). The first-order valence-corrected chi connectivity index (χ1v) is 4.98. The van der Waals surface area contributed by atoms with Crippen molar-refractivity contribution in [3.63, 3.8) is 0 Å². The Labute approximate surface area is 97.1 Å². The van der Waals surface area contributed by atoms with E-state index in [2.05, 4.69) is 4.99 Å². The lowest BCUT2D eigenvalue weighted by atomic mass is 10.1. The Hall–Kier alpha value is -2.12. The molecule has 2 aliphatic rings. The molecule has 0 aliphatic carbocycles. The number of aliphatic imine (C=N–C) groups is 1. The number of aliphatic carboxylic acids is 1. The highest BCUT2D eigenvalue weighted by atomic mass is 16.4. The molecule has 0 aromatic carbocycles. The number of likely N-dealkylation sites (N-methyl/N-ethyl adjacent to an activating group) is 2. The lowest BCUT2D eigenvalue weighted by molar-refractivity contribution is -0.140. The van der Waals surface area contributed by atoms with E-state index in [1.54, 1.807) is 0 Å². The van der Waals surface area contributed by atoms with Gasteiger partial charge in [-0.3, -0.25) is 14.5 Å². The number of carboxylic acid groups (broad SMARTS) is 1. The summed E-state index contributed by atoms with van der Waals surface area (Å²) < 4.78 is 0. The molecule has 2 heterocycles. The molecule has 1 saturated heterocycles. The number of carbonyl (C=O) groups is 3. The average Bonchev–Trinajstić information content (AvgIpc) is 2.66. The molecule has 1 fully saturated rings. The van der Waals surface area contributed by atoms with E-state index in [0.29, 0.717) is 0 Å². The van der Waals surface area contributed by atoms with Crippen molar-refractivity contribution in [1.82, 2.24) is 14.7 Å². The van der Waals surface area contributed by atoms with E-state index >= 15 is 0 Å². The van der Waals surface area contributed by atoms with Gasteiger partial charge >= 0.3 is 12.0 Å². The number of hydrogen-bond acceptors (Lipinski definition) is 5. The molecule has 0 saturated carbocycles. The molecule has 2 rings (SSSR count). The number of rotatable bonds is 2. The number of carbonyl (C=O) groups excluding carboxylic acids is 2. The average molecular weight is 240 g/mol. The van der Waals surface area contributed by atoms with Crippen LogP contribution in [0, 0.1) is 0 Å². The van der Waals surface area contributed by atoms with Crippen molar-refractivity contribution in [3.05, 3.63) is 0 Å². The minimum atomic E-state index is -1.05. The molecule has 2 atom stereocenters. The molecule has 8 heteroatoms. The maximum atomic E-state index is 11.9. The summed E-state index contributed by atoms with van der Waals surface area (Å²) in [4.78, 5) is 41.8. The zero-order valence-electron chi connectivity index (χ0n) is 9.40. The third-order valence-electron chi connectivity index (χ3n) is 2.89. The number of amides is 3. The fourth-order valence-electron chi connectivity index (χ4n) is 2.00. The minimum absolute atomic E-state index is 0.313. The first-order chi connectivity index (χ1) is 7.93. The van der Waals surface area contributed by atoms with Crippen molar-refractivity contribution < 1.29 is 19.5 Å². The monoisotopic (exact) mass is 240 g/mol. The summed E-state index contributed by atoms with van der Waals surface area (Å²) in [6, 6.07) is -1.18. The summed E-state index contributed by atoms with van der Waals surface area (Å²) in [5, 5.41) is 8.73. The van der Waals surface area contributed by atoms with Crippen LogP contribution < -0.4 is 0 Å². The molecular formula is C9H12N4O4. The number of urea groups is 1. The van der Waals surface area contributed by atoms with Gasteiger partial charge in [0.1, 0.15) is 6.54 Å². The number of hydrogen-bond donors (Lipinski definition) is 1. The van der Waals surface area contributed by atoms with Crippen LogP contribution in [0.15, 0.2) is 4.99 Å². The third kappa shape index (κ3) is 1.61. The Balaban J connectivity index is 2.26. The molecule has 0 aromatic heterocycles. The van der Waals surface area contributed by atoms with E-state index in [4.69, 9.17) is 5.11 Å². The maximum absolute atomic E-state index is 11.9. The van der Waals surface area contributed by atoms with Gasteiger partial charge in [0.15, 0.2) is 12.2 Å². The molecule has 92 valence electrons. The maximum Gasteiger partial charge on any atom is 0.328 e. The first-order valence-electron chi connectivity index (χ1n) is 4.98. The normalized spacial score (nSPS) is 27.8. The molecule has 0 bridgehead atoms. The van der Waals surface area contributed by atoms with Crippen LogP contribution in [0.25, 0.3) is 0 Å². The fourth-order valence-corrected chi connectivity index (χ4v) is 2.00. The Morgan fingerprint density at radius 2 is 2.12 bits per heavy atom. The minimum Gasteiger partial charge on any atom is -0.480 e. The van der Waals surface area contributed by atoms with Crippen LogP contribution in [0.3, 0.4) is 0 Å². The topological polar surface area (TPSA) is 93.5 Å². The van der Waals surface area contributed by atoms with Gasteiger partial charge in [-0.05, 0) is 0 Å². The van der Waals surface area contributed by atoms with Crippen molar-refractivity contribution >= 4 is 24.2 Å². The van der Waals surface area contributed by atoms with Gasteiger partial charge in [0.25, 0.3) is 5.91 Å². The van der Waals surface area contributed by atoms with Crippen molar-refractivity contribution in [3.8, 4) is 0 Å². The van der Waals surface area contributed by atoms with Crippen LogP contribution in [0.2, 0.25) is 0 Å². The van der Waals surface area contributed by atoms with Crippen LogP contribution in [0.1, 0.15) is 0 Å². The molecule has 0 aromatic rings. The van der Waals surface area contributed by atoms with Gasteiger partial charge in [-0.2, -0.15) is 0 Å². The molecule has 3 amide bonds. The zero-order valence-corrected chi connectivity index (χ0v) is 9.40. The Bertz CT molecular complexity index is 421. The van der Waals surface area contributed by atoms with Gasteiger partial charge in [0, 0.05) is 14.1 Å². The van der Waals surface area contributed by atoms with Crippen molar-refractivity contribution in [2.75, 3.05) is 20.6 Å². The molecule has 17 heavy (non-hydrogen) atoms. The van der Waals surface area contributed by atoms with E-state index in [-0.39, 0.29) is 6.54 Å². The Morgan fingerprint density at radius 3 is 2.71 bits per heavy atom. The van der Waals surface area contributed by atoms with Gasteiger partial charge in [-0.15, -0.1) is 0 Å². The molecule has 0 radical (unpaired) electrons. The van der Waals surface area contributed by atoms with E-state index in [1.807, 2.05) is 0 Å². The Morgan fingerprint density at radius 1 is 1.47 bits per heavy atom. The van der Waals surface area contributed by atoms with Crippen molar-refractivity contribution in [1.29, 1.82) is 0 Å². The van der Waals surface area contributed by atoms with Gasteiger partial charge in [0.2, 0.25) is 0 Å². The van der Waals surface area contributed by atoms with Gasteiger partial charge < -0.3 is 14.9 Å². The number of fused-ring (bicyclic) bond motifs is 1. The fraction of sp³-hybridized carbons (Fsp3) is 0.556. The van der Waals surface area contributed by atoms with E-state index < -0.39 is 30.1 Å². The molecular weight excluding hydrogens is 228 g/mol.